The molecule has 0 amide bonds. The van der Waals surface area contributed by atoms with Crippen molar-refractivity contribution in [2.75, 3.05) is 20.1 Å². The van der Waals surface area contributed by atoms with Crippen LogP contribution in [0.15, 0.2) is 24.3 Å². The molecule has 1 saturated heterocycles. The van der Waals surface area contributed by atoms with E-state index < -0.39 is 0 Å². The Hall–Kier alpha value is -0.860. The van der Waals surface area contributed by atoms with Gasteiger partial charge in [0.2, 0.25) is 0 Å². The van der Waals surface area contributed by atoms with Crippen LogP contribution in [0.2, 0.25) is 0 Å². The van der Waals surface area contributed by atoms with Crippen LogP contribution in [-0.2, 0) is 0 Å². The Balaban J connectivity index is 1.96. The fraction of sp³-hybridized carbons (Fsp3) is 0.600. The number of benzene rings is 1. The number of hydrogen-bond acceptors (Lipinski definition) is 2. The Kier molecular flexibility index (Phi) is 4.19. The maximum Gasteiger partial charge on any atom is 0.0317 e. The Morgan fingerprint density at radius 3 is 2.94 bits per heavy atom. The van der Waals surface area contributed by atoms with E-state index in [2.05, 4.69) is 55.4 Å². The van der Waals surface area contributed by atoms with E-state index in [1.807, 2.05) is 0 Å². The van der Waals surface area contributed by atoms with Gasteiger partial charge in [-0.1, -0.05) is 29.8 Å². The minimum absolute atomic E-state index is 0.497. The highest BCUT2D eigenvalue weighted by Gasteiger charge is 2.19. The quantitative estimate of drug-likeness (QED) is 0.858. The van der Waals surface area contributed by atoms with E-state index in [0.29, 0.717) is 12.1 Å². The summed E-state index contributed by atoms with van der Waals surface area (Å²) in [5.74, 6) is 0. The Morgan fingerprint density at radius 1 is 1.47 bits per heavy atom. The standard InChI is InChI=1S/C15H24N2/c1-12-6-4-7-14(10-12)13(2)17(3)11-15-8-5-9-16-15/h4,6-7,10,13,15-16H,5,8-9,11H2,1-3H3. The lowest BCUT2D eigenvalue weighted by atomic mass is 10.0. The lowest BCUT2D eigenvalue weighted by Gasteiger charge is -2.28. The fourth-order valence-electron chi connectivity index (χ4n) is 2.60. The summed E-state index contributed by atoms with van der Waals surface area (Å²) in [5.41, 5.74) is 2.77. The van der Waals surface area contributed by atoms with Crippen LogP contribution in [0.5, 0.6) is 0 Å². The van der Waals surface area contributed by atoms with E-state index in [1.165, 1.54) is 30.5 Å². The molecule has 17 heavy (non-hydrogen) atoms. The van der Waals surface area contributed by atoms with Crippen LogP contribution < -0.4 is 5.32 Å². The molecule has 0 radical (unpaired) electrons. The van der Waals surface area contributed by atoms with Gasteiger partial charge in [-0.25, -0.2) is 0 Å². The monoisotopic (exact) mass is 232 g/mol. The Bertz CT molecular complexity index is 356. The molecule has 1 fully saturated rings. The first-order chi connectivity index (χ1) is 8.16. The minimum Gasteiger partial charge on any atom is -0.313 e. The van der Waals surface area contributed by atoms with Crippen LogP contribution in [-0.4, -0.2) is 31.1 Å². The third kappa shape index (κ3) is 3.30. The molecular formula is C15H24N2. The summed E-state index contributed by atoms with van der Waals surface area (Å²) in [7, 11) is 2.23. The first-order valence-electron chi connectivity index (χ1n) is 6.67. The first-order valence-corrected chi connectivity index (χ1v) is 6.67. The van der Waals surface area contributed by atoms with Crippen LogP contribution in [0, 0.1) is 6.92 Å². The van der Waals surface area contributed by atoms with Crippen molar-refractivity contribution in [2.45, 2.75) is 38.8 Å². The van der Waals surface area contributed by atoms with Crippen molar-refractivity contribution in [1.82, 2.24) is 10.2 Å². The molecule has 0 aliphatic carbocycles. The summed E-state index contributed by atoms with van der Waals surface area (Å²) in [6, 6.07) is 10.0. The second-order valence-corrected chi connectivity index (χ2v) is 5.32. The van der Waals surface area contributed by atoms with Crippen LogP contribution in [0.1, 0.15) is 36.9 Å². The summed E-state index contributed by atoms with van der Waals surface area (Å²) in [4.78, 5) is 2.46. The van der Waals surface area contributed by atoms with Gasteiger partial charge in [-0.05, 0) is 45.8 Å². The zero-order valence-corrected chi connectivity index (χ0v) is 11.2. The van der Waals surface area contributed by atoms with Gasteiger partial charge in [0, 0.05) is 18.6 Å². The third-order valence-electron chi connectivity index (χ3n) is 3.86. The molecule has 0 bridgehead atoms. The zero-order valence-electron chi connectivity index (χ0n) is 11.2. The lowest BCUT2D eigenvalue weighted by molar-refractivity contribution is 0.238. The van der Waals surface area contributed by atoms with Crippen molar-refractivity contribution in [2.24, 2.45) is 0 Å². The number of hydrogen-bond donors (Lipinski definition) is 1. The number of nitrogens with one attached hydrogen (secondary N) is 1. The number of likely N-dealkylation sites (N-methyl/N-ethyl adjacent to an activating group) is 1. The van der Waals surface area contributed by atoms with Crippen molar-refractivity contribution in [3.8, 4) is 0 Å². The molecule has 1 aromatic rings. The van der Waals surface area contributed by atoms with Gasteiger partial charge in [-0.3, -0.25) is 4.90 Å². The molecule has 1 aliphatic rings. The fourth-order valence-corrected chi connectivity index (χ4v) is 2.60. The van der Waals surface area contributed by atoms with E-state index in [1.54, 1.807) is 0 Å². The highest BCUT2D eigenvalue weighted by atomic mass is 15.2. The van der Waals surface area contributed by atoms with Gasteiger partial charge in [0.25, 0.3) is 0 Å². The van der Waals surface area contributed by atoms with Crippen molar-refractivity contribution in [3.05, 3.63) is 35.4 Å². The molecule has 0 saturated carbocycles. The lowest BCUT2D eigenvalue weighted by Crippen LogP contribution is -2.36. The molecule has 2 unspecified atom stereocenters. The number of aryl methyl sites for hydroxylation is 1. The van der Waals surface area contributed by atoms with Crippen molar-refractivity contribution in [3.63, 3.8) is 0 Å². The molecule has 2 rings (SSSR count). The molecule has 94 valence electrons. The first kappa shape index (κ1) is 12.6. The van der Waals surface area contributed by atoms with Gasteiger partial charge >= 0.3 is 0 Å². The minimum atomic E-state index is 0.497. The zero-order chi connectivity index (χ0) is 12.3. The van der Waals surface area contributed by atoms with Gasteiger partial charge in [-0.15, -0.1) is 0 Å². The van der Waals surface area contributed by atoms with Gasteiger partial charge < -0.3 is 5.32 Å². The molecule has 2 heteroatoms. The summed E-state index contributed by atoms with van der Waals surface area (Å²) in [6.45, 7) is 6.80. The van der Waals surface area contributed by atoms with Crippen LogP contribution in [0.4, 0.5) is 0 Å². The Morgan fingerprint density at radius 2 is 2.29 bits per heavy atom. The Labute approximate surface area is 105 Å². The topological polar surface area (TPSA) is 15.3 Å². The predicted molar refractivity (Wildman–Crippen MR) is 73.2 cm³/mol. The van der Waals surface area contributed by atoms with Crippen LogP contribution in [0.25, 0.3) is 0 Å². The molecule has 1 N–H and O–H groups in total. The highest BCUT2D eigenvalue weighted by Crippen LogP contribution is 2.20. The van der Waals surface area contributed by atoms with E-state index in [9.17, 15) is 0 Å². The maximum atomic E-state index is 3.56. The van der Waals surface area contributed by atoms with Gasteiger partial charge in [-0.2, -0.15) is 0 Å². The van der Waals surface area contributed by atoms with E-state index in [4.69, 9.17) is 0 Å². The maximum absolute atomic E-state index is 3.56. The van der Waals surface area contributed by atoms with Crippen LogP contribution in [0.3, 0.4) is 0 Å². The van der Waals surface area contributed by atoms with E-state index in [0.717, 1.165) is 6.54 Å². The molecule has 1 heterocycles. The van der Waals surface area contributed by atoms with Crippen molar-refractivity contribution in [1.29, 1.82) is 0 Å². The molecule has 1 aromatic carbocycles. The summed E-state index contributed by atoms with van der Waals surface area (Å²) in [5, 5.41) is 3.56. The summed E-state index contributed by atoms with van der Waals surface area (Å²) >= 11 is 0. The smallest absolute Gasteiger partial charge is 0.0317 e. The van der Waals surface area contributed by atoms with E-state index in [-0.39, 0.29) is 0 Å². The van der Waals surface area contributed by atoms with Gasteiger partial charge in [0.15, 0.2) is 0 Å². The summed E-state index contributed by atoms with van der Waals surface area (Å²) in [6.07, 6.45) is 2.65. The van der Waals surface area contributed by atoms with Crippen LogP contribution >= 0.6 is 0 Å². The average molecular weight is 232 g/mol. The molecule has 2 nitrogen and oxygen atoms in total. The highest BCUT2D eigenvalue weighted by molar-refractivity contribution is 5.24. The van der Waals surface area contributed by atoms with Gasteiger partial charge in [0.05, 0.1) is 0 Å². The summed E-state index contributed by atoms with van der Waals surface area (Å²) < 4.78 is 0. The predicted octanol–water partition coefficient (Wildman–Crippen LogP) is 2.74. The molecule has 1 aliphatic heterocycles. The second-order valence-electron chi connectivity index (χ2n) is 5.32. The normalized spacial score (nSPS) is 22.0. The third-order valence-corrected chi connectivity index (χ3v) is 3.86. The second kappa shape index (κ2) is 5.65. The van der Waals surface area contributed by atoms with Crippen molar-refractivity contribution < 1.29 is 0 Å². The average Bonchev–Trinajstić information content (AvgIpc) is 2.80. The number of rotatable bonds is 4. The SMILES string of the molecule is Cc1cccc(C(C)N(C)CC2CCCN2)c1. The molecule has 2 atom stereocenters. The molecule has 0 spiro atoms. The largest absolute Gasteiger partial charge is 0.313 e. The molecule has 0 aromatic heterocycles. The van der Waals surface area contributed by atoms with Gasteiger partial charge in [0.1, 0.15) is 0 Å². The van der Waals surface area contributed by atoms with Crippen molar-refractivity contribution >= 4 is 0 Å². The van der Waals surface area contributed by atoms with E-state index >= 15 is 0 Å². The number of nitrogens with zero attached hydrogens (tertiary/aromatic N) is 1. The molecular weight excluding hydrogens is 208 g/mol.